The average molecular weight is 339 g/mol. The number of fused-ring (bicyclic) bond motifs is 1. The first-order valence-electron chi connectivity index (χ1n) is 8.96. The van der Waals surface area contributed by atoms with Crippen LogP contribution in [0.4, 0.5) is 5.69 Å². The second kappa shape index (κ2) is 7.80. The van der Waals surface area contributed by atoms with Crippen molar-refractivity contribution in [1.82, 2.24) is 5.32 Å². The highest BCUT2D eigenvalue weighted by Gasteiger charge is 2.19. The van der Waals surface area contributed by atoms with Crippen molar-refractivity contribution in [3.63, 3.8) is 0 Å². The lowest BCUT2D eigenvalue weighted by Crippen LogP contribution is -2.41. The van der Waals surface area contributed by atoms with Crippen molar-refractivity contribution in [1.29, 1.82) is 0 Å². The van der Waals surface area contributed by atoms with Gasteiger partial charge in [0.15, 0.2) is 5.11 Å². The van der Waals surface area contributed by atoms with E-state index in [4.69, 9.17) is 12.2 Å². The highest BCUT2D eigenvalue weighted by Crippen LogP contribution is 2.24. The predicted molar refractivity (Wildman–Crippen MR) is 107 cm³/mol. The molecule has 0 saturated heterocycles. The summed E-state index contributed by atoms with van der Waals surface area (Å²) in [5, 5.41) is 7.75. The minimum atomic E-state index is 0.416. The first kappa shape index (κ1) is 17.0. The second-order valence-corrected chi connectivity index (χ2v) is 6.87. The molecule has 1 aliphatic rings. The van der Waals surface area contributed by atoms with Gasteiger partial charge in [0.1, 0.15) is 0 Å². The molecule has 0 spiro atoms. The largest absolute Gasteiger partial charge is 0.359 e. The molecule has 0 aliphatic heterocycles. The van der Waals surface area contributed by atoms with Gasteiger partial charge in [-0.05, 0) is 66.6 Å². The van der Waals surface area contributed by atoms with Crippen molar-refractivity contribution < 1.29 is 0 Å². The Labute approximate surface area is 150 Å². The molecule has 1 atom stereocenters. The predicted octanol–water partition coefficient (Wildman–Crippen LogP) is 4.66. The normalized spacial score (nSPS) is 16.3. The maximum atomic E-state index is 5.61. The molecule has 0 fully saturated rings. The monoisotopic (exact) mass is 338 g/mol. The fourth-order valence-corrected chi connectivity index (χ4v) is 3.83. The van der Waals surface area contributed by atoms with Crippen molar-refractivity contribution in [2.24, 2.45) is 0 Å². The summed E-state index contributed by atoms with van der Waals surface area (Å²) in [6, 6.07) is 15.7. The molecule has 3 heteroatoms. The Hall–Kier alpha value is -1.87. The number of rotatable bonds is 4. The van der Waals surface area contributed by atoms with Crippen LogP contribution in [0.15, 0.2) is 42.5 Å². The van der Waals surface area contributed by atoms with Crippen LogP contribution in [0.2, 0.25) is 0 Å². The number of nitrogens with one attached hydrogen (secondary N) is 2. The third-order valence-corrected chi connectivity index (χ3v) is 5.14. The number of hydrogen-bond acceptors (Lipinski definition) is 1. The third-order valence-electron chi connectivity index (χ3n) is 4.92. The SMILES string of the molecule is CCc1cccc(CC)c1NC(=S)N[C@@H]1CCc2ccccc2C1. The van der Waals surface area contributed by atoms with E-state index in [0.29, 0.717) is 6.04 Å². The number of para-hydroxylation sites is 1. The van der Waals surface area contributed by atoms with E-state index in [9.17, 15) is 0 Å². The maximum Gasteiger partial charge on any atom is 0.171 e. The molecule has 0 unspecified atom stereocenters. The van der Waals surface area contributed by atoms with Crippen LogP contribution in [0.5, 0.6) is 0 Å². The molecule has 0 amide bonds. The van der Waals surface area contributed by atoms with E-state index in [1.807, 2.05) is 0 Å². The standard InChI is InChI=1S/C21H26N2S/c1-3-15-10-7-11-16(4-2)20(15)23-21(24)22-19-13-12-17-8-5-6-9-18(17)14-19/h5-11,19H,3-4,12-14H2,1-2H3,(H2,22,23,24)/t19-/m1/s1. The van der Waals surface area contributed by atoms with Gasteiger partial charge in [0.05, 0.1) is 0 Å². The lowest BCUT2D eigenvalue weighted by molar-refractivity contribution is 0.531. The van der Waals surface area contributed by atoms with E-state index in [2.05, 4.69) is 66.9 Å². The first-order valence-corrected chi connectivity index (χ1v) is 9.37. The average Bonchev–Trinajstić information content (AvgIpc) is 2.61. The third kappa shape index (κ3) is 3.78. The molecular weight excluding hydrogens is 312 g/mol. The van der Waals surface area contributed by atoms with E-state index in [0.717, 1.165) is 37.2 Å². The summed E-state index contributed by atoms with van der Waals surface area (Å²) in [6.07, 6.45) is 5.33. The number of anilines is 1. The quantitative estimate of drug-likeness (QED) is 0.793. The topological polar surface area (TPSA) is 24.1 Å². The van der Waals surface area contributed by atoms with E-state index in [-0.39, 0.29) is 0 Å². The molecule has 0 saturated carbocycles. The van der Waals surface area contributed by atoms with Crippen molar-refractivity contribution in [3.8, 4) is 0 Å². The summed E-state index contributed by atoms with van der Waals surface area (Å²) >= 11 is 5.61. The lowest BCUT2D eigenvalue weighted by atomic mass is 9.88. The van der Waals surface area contributed by atoms with Gasteiger partial charge >= 0.3 is 0 Å². The Morgan fingerprint density at radius 2 is 1.67 bits per heavy atom. The summed E-state index contributed by atoms with van der Waals surface area (Å²) in [4.78, 5) is 0. The first-order chi connectivity index (χ1) is 11.7. The van der Waals surface area contributed by atoms with Gasteiger partial charge in [0, 0.05) is 11.7 Å². The Morgan fingerprint density at radius 1 is 1.00 bits per heavy atom. The van der Waals surface area contributed by atoms with Crippen LogP contribution in [0.3, 0.4) is 0 Å². The van der Waals surface area contributed by atoms with Crippen LogP contribution in [0, 0.1) is 0 Å². The molecule has 0 bridgehead atoms. The summed E-state index contributed by atoms with van der Waals surface area (Å²) < 4.78 is 0. The number of aryl methyl sites for hydroxylation is 3. The Morgan fingerprint density at radius 3 is 2.33 bits per heavy atom. The molecule has 0 radical (unpaired) electrons. The summed E-state index contributed by atoms with van der Waals surface area (Å²) in [6.45, 7) is 4.38. The molecular formula is C21H26N2S. The maximum absolute atomic E-state index is 5.61. The molecule has 3 rings (SSSR count). The van der Waals surface area contributed by atoms with Crippen LogP contribution in [-0.2, 0) is 25.7 Å². The summed E-state index contributed by atoms with van der Waals surface area (Å²) in [5.74, 6) is 0. The van der Waals surface area contributed by atoms with Gasteiger partial charge in [0.25, 0.3) is 0 Å². The van der Waals surface area contributed by atoms with Gasteiger partial charge in [0.2, 0.25) is 0 Å². The summed E-state index contributed by atoms with van der Waals surface area (Å²) in [5.41, 5.74) is 6.78. The van der Waals surface area contributed by atoms with Crippen LogP contribution in [0.1, 0.15) is 42.5 Å². The summed E-state index contributed by atoms with van der Waals surface area (Å²) in [7, 11) is 0. The van der Waals surface area contributed by atoms with Gasteiger partial charge in [-0.15, -0.1) is 0 Å². The van der Waals surface area contributed by atoms with Gasteiger partial charge in [-0.2, -0.15) is 0 Å². The number of thiocarbonyl (C=S) groups is 1. The van der Waals surface area contributed by atoms with Crippen molar-refractivity contribution in [3.05, 3.63) is 64.7 Å². The lowest BCUT2D eigenvalue weighted by Gasteiger charge is -2.27. The zero-order chi connectivity index (χ0) is 16.9. The molecule has 2 aromatic rings. The molecule has 2 N–H and O–H groups in total. The van der Waals surface area contributed by atoms with Gasteiger partial charge < -0.3 is 10.6 Å². The van der Waals surface area contributed by atoms with Crippen LogP contribution >= 0.6 is 12.2 Å². The Bertz CT molecular complexity index is 701. The van der Waals surface area contributed by atoms with E-state index >= 15 is 0 Å². The minimum absolute atomic E-state index is 0.416. The zero-order valence-electron chi connectivity index (χ0n) is 14.6. The number of hydrogen-bond donors (Lipinski definition) is 2. The Kier molecular flexibility index (Phi) is 5.52. The molecule has 126 valence electrons. The van der Waals surface area contributed by atoms with Crippen molar-refractivity contribution >= 4 is 23.0 Å². The van der Waals surface area contributed by atoms with Crippen LogP contribution in [0.25, 0.3) is 0 Å². The van der Waals surface area contributed by atoms with Crippen LogP contribution in [-0.4, -0.2) is 11.2 Å². The van der Waals surface area contributed by atoms with Crippen molar-refractivity contribution in [2.75, 3.05) is 5.32 Å². The zero-order valence-corrected chi connectivity index (χ0v) is 15.4. The second-order valence-electron chi connectivity index (χ2n) is 6.47. The van der Waals surface area contributed by atoms with Crippen LogP contribution < -0.4 is 10.6 Å². The smallest absolute Gasteiger partial charge is 0.171 e. The molecule has 24 heavy (non-hydrogen) atoms. The molecule has 0 heterocycles. The molecule has 1 aliphatic carbocycles. The number of benzene rings is 2. The minimum Gasteiger partial charge on any atom is -0.359 e. The Balaban J connectivity index is 1.67. The van der Waals surface area contributed by atoms with Crippen molar-refractivity contribution in [2.45, 2.75) is 52.0 Å². The molecule has 2 aromatic carbocycles. The van der Waals surface area contributed by atoms with Gasteiger partial charge in [-0.3, -0.25) is 0 Å². The molecule has 0 aromatic heterocycles. The van der Waals surface area contributed by atoms with E-state index < -0.39 is 0 Å². The fourth-order valence-electron chi connectivity index (χ4n) is 3.56. The van der Waals surface area contributed by atoms with Gasteiger partial charge in [-0.1, -0.05) is 56.3 Å². The highest BCUT2D eigenvalue weighted by atomic mass is 32.1. The highest BCUT2D eigenvalue weighted by molar-refractivity contribution is 7.80. The van der Waals surface area contributed by atoms with E-state index in [1.165, 1.54) is 27.9 Å². The van der Waals surface area contributed by atoms with E-state index in [1.54, 1.807) is 0 Å². The fraction of sp³-hybridized carbons (Fsp3) is 0.381. The van der Waals surface area contributed by atoms with Gasteiger partial charge in [-0.25, -0.2) is 0 Å². The molecule has 2 nitrogen and oxygen atoms in total.